The van der Waals surface area contributed by atoms with Crippen LogP contribution in [0.4, 0.5) is 8.78 Å². The maximum atomic E-state index is 12.4. The Kier molecular flexibility index (Phi) is 7.72. The van der Waals surface area contributed by atoms with Crippen LogP contribution in [-0.2, 0) is 6.54 Å². The molecule has 24 heavy (non-hydrogen) atoms. The Morgan fingerprint density at radius 2 is 1.96 bits per heavy atom. The van der Waals surface area contributed by atoms with Crippen LogP contribution in [0.15, 0.2) is 18.2 Å². The third-order valence-electron chi connectivity index (χ3n) is 4.32. The lowest BCUT2D eigenvalue weighted by atomic mass is 9.96. The highest BCUT2D eigenvalue weighted by molar-refractivity contribution is 5.43. The van der Waals surface area contributed by atoms with Crippen LogP contribution < -0.4 is 14.8 Å². The van der Waals surface area contributed by atoms with E-state index in [1.165, 1.54) is 12.8 Å². The predicted molar refractivity (Wildman–Crippen MR) is 90.8 cm³/mol. The van der Waals surface area contributed by atoms with Crippen molar-refractivity contribution in [2.45, 2.75) is 39.8 Å². The first-order valence-corrected chi connectivity index (χ1v) is 8.76. The van der Waals surface area contributed by atoms with E-state index in [4.69, 9.17) is 4.74 Å². The average molecular weight is 342 g/mol. The third kappa shape index (κ3) is 5.91. The number of alkyl halides is 2. The molecule has 1 N–H and O–H groups in total. The number of hydrogen-bond acceptors (Lipinski definition) is 4. The second-order valence-corrected chi connectivity index (χ2v) is 6.12. The predicted octanol–water partition coefficient (Wildman–Crippen LogP) is 3.51. The van der Waals surface area contributed by atoms with Gasteiger partial charge in [-0.3, -0.25) is 4.90 Å². The van der Waals surface area contributed by atoms with Crippen molar-refractivity contribution < 1.29 is 18.3 Å². The van der Waals surface area contributed by atoms with Gasteiger partial charge in [0.1, 0.15) is 0 Å². The van der Waals surface area contributed by atoms with Gasteiger partial charge in [0.15, 0.2) is 11.5 Å². The SMILES string of the molecule is CCNCC1CCN(Cc2ccc(OC(F)F)c(OCC)c2)CC1. The molecule has 1 aliphatic heterocycles. The molecule has 1 heterocycles. The highest BCUT2D eigenvalue weighted by atomic mass is 19.3. The van der Waals surface area contributed by atoms with Crippen LogP contribution in [0.1, 0.15) is 32.3 Å². The van der Waals surface area contributed by atoms with E-state index in [1.807, 2.05) is 19.1 Å². The van der Waals surface area contributed by atoms with E-state index < -0.39 is 6.61 Å². The van der Waals surface area contributed by atoms with Crippen LogP contribution >= 0.6 is 0 Å². The summed E-state index contributed by atoms with van der Waals surface area (Å²) in [5.74, 6) is 1.24. The fraction of sp³-hybridized carbons (Fsp3) is 0.667. The van der Waals surface area contributed by atoms with E-state index in [2.05, 4.69) is 21.9 Å². The van der Waals surface area contributed by atoms with E-state index >= 15 is 0 Å². The van der Waals surface area contributed by atoms with Crippen LogP contribution in [0.3, 0.4) is 0 Å². The van der Waals surface area contributed by atoms with Crippen molar-refractivity contribution in [3.63, 3.8) is 0 Å². The Morgan fingerprint density at radius 1 is 1.21 bits per heavy atom. The summed E-state index contributed by atoms with van der Waals surface area (Å²) in [6.07, 6.45) is 2.38. The van der Waals surface area contributed by atoms with E-state index in [0.29, 0.717) is 12.4 Å². The molecule has 1 saturated heterocycles. The summed E-state index contributed by atoms with van der Waals surface area (Å²) < 4.78 is 34.9. The number of rotatable bonds is 9. The summed E-state index contributed by atoms with van der Waals surface area (Å²) in [5, 5.41) is 3.42. The van der Waals surface area contributed by atoms with Gasteiger partial charge in [0.2, 0.25) is 0 Å². The highest BCUT2D eigenvalue weighted by Gasteiger charge is 2.19. The van der Waals surface area contributed by atoms with Gasteiger partial charge < -0.3 is 14.8 Å². The average Bonchev–Trinajstić information content (AvgIpc) is 2.56. The topological polar surface area (TPSA) is 33.7 Å². The van der Waals surface area contributed by atoms with Crippen molar-refractivity contribution in [2.24, 2.45) is 5.92 Å². The maximum absolute atomic E-state index is 12.4. The molecule has 0 unspecified atom stereocenters. The molecule has 1 aromatic rings. The van der Waals surface area contributed by atoms with Crippen molar-refractivity contribution in [2.75, 3.05) is 32.8 Å². The fourth-order valence-corrected chi connectivity index (χ4v) is 3.07. The molecule has 136 valence electrons. The second-order valence-electron chi connectivity index (χ2n) is 6.12. The van der Waals surface area contributed by atoms with Crippen LogP contribution in [0.2, 0.25) is 0 Å². The van der Waals surface area contributed by atoms with Gasteiger partial charge in [-0.15, -0.1) is 0 Å². The Labute approximate surface area is 143 Å². The number of hydrogen-bond donors (Lipinski definition) is 1. The fourth-order valence-electron chi connectivity index (χ4n) is 3.07. The van der Waals surface area contributed by atoms with E-state index in [-0.39, 0.29) is 5.75 Å². The molecule has 2 rings (SSSR count). The molecule has 0 bridgehead atoms. The third-order valence-corrected chi connectivity index (χ3v) is 4.32. The molecule has 1 fully saturated rings. The molecule has 0 atom stereocenters. The van der Waals surface area contributed by atoms with Crippen LogP contribution in [0, 0.1) is 5.92 Å². The van der Waals surface area contributed by atoms with Gasteiger partial charge in [-0.25, -0.2) is 0 Å². The quantitative estimate of drug-likeness (QED) is 0.745. The smallest absolute Gasteiger partial charge is 0.387 e. The summed E-state index contributed by atoms with van der Waals surface area (Å²) in [5.41, 5.74) is 1.06. The number of piperidine rings is 1. The summed E-state index contributed by atoms with van der Waals surface area (Å²) in [6.45, 7) is 6.59. The van der Waals surface area contributed by atoms with Gasteiger partial charge in [0.25, 0.3) is 0 Å². The zero-order valence-electron chi connectivity index (χ0n) is 14.6. The normalized spacial score (nSPS) is 16.5. The molecule has 1 aromatic carbocycles. The Hall–Kier alpha value is -1.40. The molecule has 1 aliphatic rings. The number of halogens is 2. The number of nitrogens with zero attached hydrogens (tertiary/aromatic N) is 1. The van der Waals surface area contributed by atoms with Gasteiger partial charge in [0.05, 0.1) is 6.61 Å². The largest absolute Gasteiger partial charge is 0.490 e. The van der Waals surface area contributed by atoms with E-state index in [1.54, 1.807) is 6.07 Å². The van der Waals surface area contributed by atoms with Crippen LogP contribution in [0.25, 0.3) is 0 Å². The first-order chi connectivity index (χ1) is 11.6. The number of likely N-dealkylation sites (tertiary alicyclic amines) is 1. The van der Waals surface area contributed by atoms with Crippen molar-refractivity contribution in [1.29, 1.82) is 0 Å². The summed E-state index contributed by atoms with van der Waals surface area (Å²) in [4.78, 5) is 2.40. The van der Waals surface area contributed by atoms with E-state index in [0.717, 1.165) is 44.2 Å². The highest BCUT2D eigenvalue weighted by Crippen LogP contribution is 2.30. The molecule has 0 spiro atoms. The van der Waals surface area contributed by atoms with Gasteiger partial charge in [-0.2, -0.15) is 8.78 Å². The Bertz CT molecular complexity index is 492. The van der Waals surface area contributed by atoms with Crippen LogP contribution in [-0.4, -0.2) is 44.3 Å². The van der Waals surface area contributed by atoms with Gasteiger partial charge in [-0.1, -0.05) is 13.0 Å². The summed E-state index contributed by atoms with van der Waals surface area (Å²) in [6, 6.07) is 5.22. The summed E-state index contributed by atoms with van der Waals surface area (Å²) in [7, 11) is 0. The minimum atomic E-state index is -2.84. The van der Waals surface area contributed by atoms with Crippen molar-refractivity contribution >= 4 is 0 Å². The molecular weight excluding hydrogens is 314 g/mol. The molecule has 0 radical (unpaired) electrons. The van der Waals surface area contributed by atoms with E-state index in [9.17, 15) is 8.78 Å². The molecule has 0 aromatic heterocycles. The molecule has 0 amide bonds. The van der Waals surface area contributed by atoms with Crippen LogP contribution in [0.5, 0.6) is 11.5 Å². The standard InChI is InChI=1S/C18H28F2N2O2/c1-3-21-12-14-7-9-22(10-8-14)13-15-5-6-16(24-18(19)20)17(11-15)23-4-2/h5-6,11,14,18,21H,3-4,7-10,12-13H2,1-2H3. The molecule has 0 saturated carbocycles. The van der Waals surface area contributed by atoms with Crippen molar-refractivity contribution in [1.82, 2.24) is 10.2 Å². The molecular formula is C18H28F2N2O2. The lowest BCUT2D eigenvalue weighted by Gasteiger charge is -2.32. The lowest BCUT2D eigenvalue weighted by molar-refractivity contribution is -0.0514. The molecule has 6 heteroatoms. The number of nitrogens with one attached hydrogen (secondary N) is 1. The Morgan fingerprint density at radius 3 is 2.58 bits per heavy atom. The van der Waals surface area contributed by atoms with Gasteiger partial charge in [0, 0.05) is 6.54 Å². The molecule has 0 aliphatic carbocycles. The summed E-state index contributed by atoms with van der Waals surface area (Å²) >= 11 is 0. The minimum Gasteiger partial charge on any atom is -0.490 e. The first-order valence-electron chi connectivity index (χ1n) is 8.76. The Balaban J connectivity index is 1.91. The zero-order chi connectivity index (χ0) is 17.4. The number of benzene rings is 1. The minimum absolute atomic E-state index is 0.0972. The maximum Gasteiger partial charge on any atom is 0.387 e. The first kappa shape index (κ1) is 18.9. The molecule has 4 nitrogen and oxygen atoms in total. The zero-order valence-corrected chi connectivity index (χ0v) is 14.6. The van der Waals surface area contributed by atoms with Gasteiger partial charge in [-0.05, 0) is 69.6 Å². The number of ether oxygens (including phenoxy) is 2. The lowest BCUT2D eigenvalue weighted by Crippen LogP contribution is -2.36. The van der Waals surface area contributed by atoms with Gasteiger partial charge >= 0.3 is 6.61 Å². The monoisotopic (exact) mass is 342 g/mol. The van der Waals surface area contributed by atoms with Crippen molar-refractivity contribution in [3.05, 3.63) is 23.8 Å². The van der Waals surface area contributed by atoms with Crippen molar-refractivity contribution in [3.8, 4) is 11.5 Å². The second kappa shape index (κ2) is 9.79.